The van der Waals surface area contributed by atoms with E-state index in [0.29, 0.717) is 0 Å². The molecule has 2 aliphatic heterocycles. The molecule has 0 saturated heterocycles. The number of hydrogen-bond donors (Lipinski definition) is 0. The average Bonchev–Trinajstić information content (AvgIpc) is 3.89. The molecule has 51 heavy (non-hydrogen) atoms. The van der Waals surface area contributed by atoms with Crippen molar-refractivity contribution in [3.05, 3.63) is 109 Å². The molecule has 0 bridgehead atoms. The zero-order valence-electron chi connectivity index (χ0n) is 24.0. The Bertz CT molecular complexity index is 2910. The predicted molar refractivity (Wildman–Crippen MR) is 144 cm³/mol. The summed E-state index contributed by atoms with van der Waals surface area (Å²) in [4.78, 5) is 30.9. The summed E-state index contributed by atoms with van der Waals surface area (Å²) in [5.74, 6) is -21.2. The Balaban J connectivity index is 1.54. The van der Waals surface area contributed by atoms with Crippen molar-refractivity contribution in [1.29, 1.82) is 21.0 Å². The molecule has 13 nitrogen and oxygen atoms in total. The van der Waals surface area contributed by atoms with E-state index in [1.165, 1.54) is 12.1 Å². The third-order valence-corrected chi connectivity index (χ3v) is 7.05. The minimum atomic E-state index is -2.25. The first-order valence-corrected chi connectivity index (χ1v) is 13.3. The number of halogens is 8. The van der Waals surface area contributed by atoms with Gasteiger partial charge < -0.3 is 4.42 Å². The summed E-state index contributed by atoms with van der Waals surface area (Å²) in [5.41, 5.74) is -4.35. The van der Waals surface area contributed by atoms with E-state index in [2.05, 4.69) is 39.9 Å². The molecular formula is C30H2F8N12O. The molecule has 0 spiro atoms. The van der Waals surface area contributed by atoms with Crippen LogP contribution in [0.2, 0.25) is 0 Å². The molecule has 244 valence electrons. The Morgan fingerprint density at radius 3 is 1.76 bits per heavy atom. The van der Waals surface area contributed by atoms with Crippen LogP contribution in [0.4, 0.5) is 35.1 Å². The fourth-order valence-corrected chi connectivity index (χ4v) is 4.74. The Morgan fingerprint density at radius 1 is 0.569 bits per heavy atom. The molecule has 5 aromatic rings. The minimum Gasteiger partial charge on any atom is -0.430 e. The monoisotopic (exact) mass is 698 g/mol. The van der Waals surface area contributed by atoms with Crippen LogP contribution in [0.15, 0.2) is 53.7 Å². The highest BCUT2D eigenvalue weighted by molar-refractivity contribution is 5.79. The molecule has 0 saturated carbocycles. The Kier molecular flexibility index (Phi) is 7.13. The van der Waals surface area contributed by atoms with Crippen molar-refractivity contribution >= 4 is 16.7 Å². The standard InChI is InChI=1S/C30H2F8N12O/c31-12-13(32)17(36)22-21(16(12)35)45-27(46-22)10(6-42)28-48-26(8-1-2-11-20(9(8)5-41)44-25(43-11)7(3-39)4-40)49-29(50-28)30-47-23-18(37)14(33)15(34)19(38)24(23)51-30/h1-2H. The van der Waals surface area contributed by atoms with E-state index in [9.17, 15) is 56.2 Å². The van der Waals surface area contributed by atoms with Gasteiger partial charge in [0.15, 0.2) is 74.9 Å². The van der Waals surface area contributed by atoms with Gasteiger partial charge in [-0.25, -0.2) is 70.6 Å². The highest BCUT2D eigenvalue weighted by Crippen LogP contribution is 2.32. The molecule has 2 aromatic heterocycles. The topological polar surface area (TPSA) is 209 Å². The van der Waals surface area contributed by atoms with Gasteiger partial charge in [0.1, 0.15) is 45.9 Å². The number of aromatic nitrogens is 4. The van der Waals surface area contributed by atoms with Crippen molar-refractivity contribution in [3.8, 4) is 47.4 Å². The summed E-state index contributed by atoms with van der Waals surface area (Å²) < 4.78 is 119. The summed E-state index contributed by atoms with van der Waals surface area (Å²) in [7, 11) is 0. The maximum atomic E-state index is 14.5. The van der Waals surface area contributed by atoms with E-state index in [-0.39, 0.29) is 27.7 Å². The van der Waals surface area contributed by atoms with Gasteiger partial charge in [-0.3, -0.25) is 0 Å². The molecular weight excluding hydrogens is 696 g/mol. The van der Waals surface area contributed by atoms with E-state index in [4.69, 9.17) is 4.42 Å². The van der Waals surface area contributed by atoms with Crippen molar-refractivity contribution in [2.24, 2.45) is 20.0 Å². The summed E-state index contributed by atoms with van der Waals surface area (Å²) in [6, 6.07) is 9.00. The van der Waals surface area contributed by atoms with E-state index < -0.39 is 109 Å². The minimum absolute atomic E-state index is 0.0152. The Morgan fingerprint density at radius 2 is 1.16 bits per heavy atom. The van der Waals surface area contributed by atoms with E-state index in [1.54, 1.807) is 18.2 Å². The lowest BCUT2D eigenvalue weighted by Gasteiger charge is -2.07. The molecule has 2 aliphatic rings. The number of benzene rings is 3. The van der Waals surface area contributed by atoms with Gasteiger partial charge in [0, 0.05) is 5.56 Å². The first-order chi connectivity index (χ1) is 24.4. The van der Waals surface area contributed by atoms with Gasteiger partial charge in [-0.15, -0.1) is 0 Å². The highest BCUT2D eigenvalue weighted by atomic mass is 19.2. The molecule has 0 N–H and O–H groups in total. The van der Waals surface area contributed by atoms with Gasteiger partial charge in [-0.05, 0) is 12.1 Å². The lowest BCUT2D eigenvalue weighted by molar-refractivity contribution is 0.399. The van der Waals surface area contributed by atoms with Crippen LogP contribution >= 0.6 is 0 Å². The number of nitriles is 4. The number of oxazole rings is 1. The number of hydrogen-bond acceptors (Lipinski definition) is 13. The van der Waals surface area contributed by atoms with Crippen LogP contribution in [0, 0.1) is 91.9 Å². The van der Waals surface area contributed by atoms with Crippen LogP contribution in [0.3, 0.4) is 0 Å². The molecule has 0 atom stereocenters. The van der Waals surface area contributed by atoms with Crippen LogP contribution in [-0.2, 0) is 0 Å². The zero-order chi connectivity index (χ0) is 36.5. The largest absolute Gasteiger partial charge is 0.430 e. The third kappa shape index (κ3) is 4.65. The fourth-order valence-electron chi connectivity index (χ4n) is 4.74. The molecule has 0 fully saturated rings. The number of nitrogens with zero attached hydrogens (tertiary/aromatic N) is 12. The highest BCUT2D eigenvalue weighted by Gasteiger charge is 2.29. The van der Waals surface area contributed by atoms with Gasteiger partial charge in [-0.1, -0.05) is 0 Å². The normalized spacial score (nSPS) is 12.4. The Labute approximate surface area is 273 Å². The van der Waals surface area contributed by atoms with Gasteiger partial charge in [0.05, 0.1) is 10.9 Å². The zero-order valence-corrected chi connectivity index (χ0v) is 24.0. The number of rotatable bonds is 3. The molecule has 3 aromatic carbocycles. The molecule has 0 unspecified atom stereocenters. The van der Waals surface area contributed by atoms with E-state index in [1.807, 2.05) is 6.07 Å². The number of allylic oxidation sites excluding steroid dienone is 2. The predicted octanol–water partition coefficient (Wildman–Crippen LogP) is 2.99. The van der Waals surface area contributed by atoms with Crippen LogP contribution in [-0.4, -0.2) is 19.9 Å². The maximum Gasteiger partial charge on any atom is 0.266 e. The fraction of sp³-hybridized carbons (Fsp3) is 0. The average molecular weight is 698 g/mol. The molecule has 7 rings (SSSR count). The van der Waals surface area contributed by atoms with Crippen molar-refractivity contribution in [3.63, 3.8) is 0 Å². The van der Waals surface area contributed by atoms with Crippen molar-refractivity contribution in [1.82, 2.24) is 19.9 Å². The lowest BCUT2D eigenvalue weighted by atomic mass is 10.1. The van der Waals surface area contributed by atoms with Crippen molar-refractivity contribution in [2.75, 3.05) is 0 Å². The van der Waals surface area contributed by atoms with E-state index in [0.717, 1.165) is 0 Å². The molecule has 4 heterocycles. The quantitative estimate of drug-likeness (QED) is 0.117. The maximum absolute atomic E-state index is 14.5. The van der Waals surface area contributed by atoms with Crippen molar-refractivity contribution in [2.45, 2.75) is 0 Å². The van der Waals surface area contributed by atoms with E-state index >= 15 is 0 Å². The summed E-state index contributed by atoms with van der Waals surface area (Å²) >= 11 is 0. The van der Waals surface area contributed by atoms with Gasteiger partial charge >= 0.3 is 0 Å². The smallest absolute Gasteiger partial charge is 0.266 e. The van der Waals surface area contributed by atoms with Crippen molar-refractivity contribution < 1.29 is 39.5 Å². The second-order valence-electron chi connectivity index (χ2n) is 9.86. The summed E-state index contributed by atoms with van der Waals surface area (Å²) in [5, 5.41) is 36.2. The van der Waals surface area contributed by atoms with Crippen LogP contribution in [0.25, 0.3) is 39.8 Å². The summed E-state index contributed by atoms with van der Waals surface area (Å²) in [6.07, 6.45) is 0. The Hall–Kier alpha value is -7.78. The molecule has 0 amide bonds. The molecule has 0 radical (unpaired) electrons. The molecule has 0 aliphatic carbocycles. The van der Waals surface area contributed by atoms with Crippen LogP contribution < -0.4 is 21.4 Å². The lowest BCUT2D eigenvalue weighted by Crippen LogP contribution is -2.32. The second kappa shape index (κ2) is 11.4. The third-order valence-electron chi connectivity index (χ3n) is 7.05. The molecule has 21 heteroatoms. The van der Waals surface area contributed by atoms with Gasteiger partial charge in [0.2, 0.25) is 17.5 Å². The number of fused-ring (bicyclic) bond motifs is 3. The first-order valence-electron chi connectivity index (χ1n) is 13.3. The van der Waals surface area contributed by atoms with Crippen LogP contribution in [0.1, 0.15) is 11.4 Å². The van der Waals surface area contributed by atoms with Crippen LogP contribution in [0.5, 0.6) is 0 Å². The SMILES string of the molecule is N#CC(C#N)=C1N=c2ccc(-c3nc(C(C#N)=C4N=c5c(F)c(F)c(F)c(F)c5=N4)nc(-c4nc5c(F)c(F)c(F)c(F)c5o4)n3)c(C#N)c2=N1. The van der Waals surface area contributed by atoms with Gasteiger partial charge in [0.25, 0.3) is 5.89 Å². The first kappa shape index (κ1) is 31.8. The van der Waals surface area contributed by atoms with Gasteiger partial charge in [-0.2, -0.15) is 25.4 Å². The second-order valence-corrected chi connectivity index (χ2v) is 9.86. The summed E-state index contributed by atoms with van der Waals surface area (Å²) in [6.45, 7) is 0.